The number of aliphatic hydroxyl groups is 1. The Bertz CT molecular complexity index is 471. The van der Waals surface area contributed by atoms with Gasteiger partial charge in [-0.05, 0) is 37.6 Å². The van der Waals surface area contributed by atoms with E-state index in [0.29, 0.717) is 19.5 Å². The highest BCUT2D eigenvalue weighted by molar-refractivity contribution is 5.27. The third-order valence-corrected chi connectivity index (χ3v) is 4.21. The molecule has 0 radical (unpaired) electrons. The van der Waals surface area contributed by atoms with E-state index in [1.54, 1.807) is 7.11 Å². The molecule has 1 aromatic carbocycles. The van der Waals surface area contributed by atoms with Crippen LogP contribution in [0.2, 0.25) is 0 Å². The van der Waals surface area contributed by atoms with E-state index in [0.717, 1.165) is 18.2 Å². The molecule has 6 heteroatoms. The Balaban J connectivity index is 1.96. The number of benzene rings is 1. The second-order valence-electron chi connectivity index (χ2n) is 5.71. The second-order valence-corrected chi connectivity index (χ2v) is 5.71. The van der Waals surface area contributed by atoms with Gasteiger partial charge in [-0.25, -0.2) is 0 Å². The molecule has 0 amide bonds. The van der Waals surface area contributed by atoms with Crippen molar-refractivity contribution in [1.29, 1.82) is 0 Å². The smallest absolute Gasteiger partial charge is 0.417 e. The Hall–Kier alpha value is -1.27. The quantitative estimate of drug-likeness (QED) is 0.928. The first-order valence-corrected chi connectivity index (χ1v) is 6.88. The standard InChI is InChI=1S/C15H20F3NO2/c1-14(20,15(16,17)18)12-7-8-19(10-12)9-11-3-5-13(21-2)6-4-11/h3-6,12,20H,7-10H2,1-2H3. The molecule has 21 heavy (non-hydrogen) atoms. The molecule has 1 aliphatic heterocycles. The topological polar surface area (TPSA) is 32.7 Å². The molecule has 3 nitrogen and oxygen atoms in total. The van der Waals surface area contributed by atoms with Crippen LogP contribution < -0.4 is 4.74 Å². The summed E-state index contributed by atoms with van der Waals surface area (Å²) < 4.78 is 43.6. The van der Waals surface area contributed by atoms with Crippen molar-refractivity contribution in [3.05, 3.63) is 29.8 Å². The monoisotopic (exact) mass is 303 g/mol. The van der Waals surface area contributed by atoms with Gasteiger partial charge in [-0.3, -0.25) is 4.90 Å². The summed E-state index contributed by atoms with van der Waals surface area (Å²) in [7, 11) is 1.58. The molecule has 2 unspecified atom stereocenters. The third kappa shape index (κ3) is 3.49. The van der Waals surface area contributed by atoms with Gasteiger partial charge in [0.2, 0.25) is 0 Å². The van der Waals surface area contributed by atoms with Crippen LogP contribution in [0.15, 0.2) is 24.3 Å². The van der Waals surface area contributed by atoms with Gasteiger partial charge in [0.25, 0.3) is 0 Å². The molecule has 1 N–H and O–H groups in total. The summed E-state index contributed by atoms with van der Waals surface area (Å²) in [5.41, 5.74) is -1.61. The maximum Gasteiger partial charge on any atom is 0.417 e. The molecule has 1 aromatic rings. The Labute approximate surface area is 122 Å². The summed E-state index contributed by atoms with van der Waals surface area (Å²) in [6.45, 7) is 2.25. The van der Waals surface area contributed by atoms with E-state index in [2.05, 4.69) is 0 Å². The van der Waals surface area contributed by atoms with Gasteiger partial charge in [-0.15, -0.1) is 0 Å². The van der Waals surface area contributed by atoms with Crippen LogP contribution in [0.5, 0.6) is 5.75 Å². The number of nitrogens with zero attached hydrogens (tertiary/aromatic N) is 1. The number of hydrogen-bond acceptors (Lipinski definition) is 3. The summed E-state index contributed by atoms with van der Waals surface area (Å²) >= 11 is 0. The fraction of sp³-hybridized carbons (Fsp3) is 0.600. The number of ether oxygens (including phenoxy) is 1. The molecular formula is C15H20F3NO2. The summed E-state index contributed by atoms with van der Waals surface area (Å²) in [5.74, 6) is -0.0335. The number of methoxy groups -OCH3 is 1. The van der Waals surface area contributed by atoms with Crippen LogP contribution in [0.25, 0.3) is 0 Å². The van der Waals surface area contributed by atoms with E-state index in [4.69, 9.17) is 4.74 Å². The summed E-state index contributed by atoms with van der Waals surface area (Å²) in [4.78, 5) is 1.94. The molecule has 0 spiro atoms. The van der Waals surface area contributed by atoms with Gasteiger partial charge in [-0.2, -0.15) is 13.2 Å². The van der Waals surface area contributed by atoms with Gasteiger partial charge in [0.05, 0.1) is 7.11 Å². The number of likely N-dealkylation sites (tertiary alicyclic amines) is 1. The predicted octanol–water partition coefficient (Wildman–Crippen LogP) is 2.83. The molecule has 0 aliphatic carbocycles. The first-order valence-electron chi connectivity index (χ1n) is 6.88. The van der Waals surface area contributed by atoms with Crippen LogP contribution >= 0.6 is 0 Å². The lowest BCUT2D eigenvalue weighted by atomic mass is 9.88. The molecule has 0 saturated carbocycles. The molecule has 1 saturated heterocycles. The van der Waals surface area contributed by atoms with Crippen LogP contribution in [-0.2, 0) is 6.54 Å². The molecule has 0 bridgehead atoms. The van der Waals surface area contributed by atoms with Crippen molar-refractivity contribution in [1.82, 2.24) is 4.90 Å². The maximum atomic E-state index is 12.8. The zero-order valence-corrected chi connectivity index (χ0v) is 12.2. The molecule has 1 fully saturated rings. The van der Waals surface area contributed by atoms with Gasteiger partial charge in [0.1, 0.15) is 5.75 Å². The minimum absolute atomic E-state index is 0.249. The summed E-state index contributed by atoms with van der Waals surface area (Å²) in [5, 5.41) is 9.73. The van der Waals surface area contributed by atoms with Crippen LogP contribution in [-0.4, -0.2) is 42.0 Å². The van der Waals surface area contributed by atoms with Crippen molar-refractivity contribution < 1.29 is 23.0 Å². The molecule has 2 atom stereocenters. The molecular weight excluding hydrogens is 283 g/mol. The number of halogens is 3. The second kappa shape index (κ2) is 5.85. The zero-order valence-electron chi connectivity index (χ0n) is 12.2. The van der Waals surface area contributed by atoms with Crippen LogP contribution in [0.3, 0.4) is 0 Å². The van der Waals surface area contributed by atoms with Crippen molar-refractivity contribution in [2.75, 3.05) is 20.2 Å². The molecule has 1 heterocycles. The molecule has 1 aliphatic rings. The van der Waals surface area contributed by atoms with E-state index in [-0.39, 0.29) is 6.54 Å². The maximum absolute atomic E-state index is 12.8. The number of hydrogen-bond donors (Lipinski definition) is 1. The lowest BCUT2D eigenvalue weighted by molar-refractivity contribution is -0.270. The van der Waals surface area contributed by atoms with Crippen molar-refractivity contribution in [2.45, 2.75) is 31.7 Å². The lowest BCUT2D eigenvalue weighted by Gasteiger charge is -2.32. The van der Waals surface area contributed by atoms with E-state index < -0.39 is 17.7 Å². The first kappa shape index (κ1) is 16.1. The lowest BCUT2D eigenvalue weighted by Crippen LogP contribution is -2.49. The van der Waals surface area contributed by atoms with Gasteiger partial charge in [0, 0.05) is 19.0 Å². The molecule has 2 rings (SSSR count). The fourth-order valence-electron chi connectivity index (χ4n) is 2.66. The Kier molecular flexibility index (Phi) is 4.49. The van der Waals surface area contributed by atoms with Gasteiger partial charge in [-0.1, -0.05) is 12.1 Å². The molecule has 0 aromatic heterocycles. The van der Waals surface area contributed by atoms with E-state index in [1.807, 2.05) is 29.2 Å². The highest BCUT2D eigenvalue weighted by Crippen LogP contribution is 2.40. The van der Waals surface area contributed by atoms with Crippen LogP contribution in [0.4, 0.5) is 13.2 Å². The minimum atomic E-state index is -4.59. The summed E-state index contributed by atoms with van der Waals surface area (Å²) in [6, 6.07) is 7.45. The highest BCUT2D eigenvalue weighted by Gasteiger charge is 2.55. The SMILES string of the molecule is COc1ccc(CN2CCC(C(C)(O)C(F)(F)F)C2)cc1. The predicted molar refractivity (Wildman–Crippen MR) is 73.1 cm³/mol. The Morgan fingerprint density at radius 3 is 2.43 bits per heavy atom. The van der Waals surface area contributed by atoms with Gasteiger partial charge >= 0.3 is 6.18 Å². The third-order valence-electron chi connectivity index (χ3n) is 4.21. The largest absolute Gasteiger partial charge is 0.497 e. The average Bonchev–Trinajstić information content (AvgIpc) is 2.87. The van der Waals surface area contributed by atoms with Gasteiger partial charge in [0.15, 0.2) is 5.60 Å². The molecule has 118 valence electrons. The van der Waals surface area contributed by atoms with Crippen LogP contribution in [0.1, 0.15) is 18.9 Å². The van der Waals surface area contributed by atoms with E-state index >= 15 is 0 Å². The Morgan fingerprint density at radius 1 is 1.29 bits per heavy atom. The van der Waals surface area contributed by atoms with Crippen molar-refractivity contribution in [3.8, 4) is 5.75 Å². The average molecular weight is 303 g/mol. The first-order chi connectivity index (χ1) is 9.74. The van der Waals surface area contributed by atoms with Gasteiger partial charge < -0.3 is 9.84 Å². The van der Waals surface area contributed by atoms with Crippen molar-refractivity contribution >= 4 is 0 Å². The number of rotatable bonds is 4. The minimum Gasteiger partial charge on any atom is -0.497 e. The Morgan fingerprint density at radius 2 is 1.90 bits per heavy atom. The van der Waals surface area contributed by atoms with E-state index in [1.165, 1.54) is 0 Å². The van der Waals surface area contributed by atoms with Crippen LogP contribution in [0, 0.1) is 5.92 Å². The zero-order chi connectivity index (χ0) is 15.7. The fourth-order valence-corrected chi connectivity index (χ4v) is 2.66. The van der Waals surface area contributed by atoms with E-state index in [9.17, 15) is 18.3 Å². The number of alkyl halides is 3. The van der Waals surface area contributed by atoms with Crippen molar-refractivity contribution in [2.24, 2.45) is 5.92 Å². The normalized spacial score (nSPS) is 23.0. The summed E-state index contributed by atoms with van der Waals surface area (Å²) in [6.07, 6.45) is -4.24. The highest BCUT2D eigenvalue weighted by atomic mass is 19.4. The van der Waals surface area contributed by atoms with Crippen molar-refractivity contribution in [3.63, 3.8) is 0 Å².